The van der Waals surface area contributed by atoms with E-state index < -0.39 is 0 Å². The third-order valence-corrected chi connectivity index (χ3v) is 2.25. The summed E-state index contributed by atoms with van der Waals surface area (Å²) in [5.41, 5.74) is 0. The van der Waals surface area contributed by atoms with Gasteiger partial charge in [0.25, 0.3) is 0 Å². The van der Waals surface area contributed by atoms with E-state index in [0.717, 1.165) is 24.6 Å². The van der Waals surface area contributed by atoms with E-state index in [1.54, 1.807) is 0 Å². The second-order valence-electron chi connectivity index (χ2n) is 4.01. The first-order valence-electron chi connectivity index (χ1n) is 5.39. The van der Waals surface area contributed by atoms with Gasteiger partial charge in [-0.25, -0.2) is 0 Å². The third kappa shape index (κ3) is 2.63. The van der Waals surface area contributed by atoms with Gasteiger partial charge in [-0.3, -0.25) is 0 Å². The molecule has 1 aliphatic heterocycles. The summed E-state index contributed by atoms with van der Waals surface area (Å²) in [6.07, 6.45) is 0.469. The number of hydrogen-bond donors (Lipinski definition) is 1. The van der Waals surface area contributed by atoms with Crippen molar-refractivity contribution in [3.63, 3.8) is 0 Å². The highest BCUT2D eigenvalue weighted by Crippen LogP contribution is 2.28. The van der Waals surface area contributed by atoms with Gasteiger partial charge in [-0.05, 0) is 26.0 Å². The van der Waals surface area contributed by atoms with Crippen LogP contribution in [0.25, 0.3) is 0 Å². The van der Waals surface area contributed by atoms with Gasteiger partial charge in [-0.1, -0.05) is 12.1 Å². The maximum atomic E-state index is 5.79. The van der Waals surface area contributed by atoms with Crippen molar-refractivity contribution in [1.29, 1.82) is 0 Å². The molecular formula is C12H17NO2. The summed E-state index contributed by atoms with van der Waals surface area (Å²) in [5, 5.41) is 3.18. The number of hydrogen-bond acceptors (Lipinski definition) is 3. The zero-order valence-corrected chi connectivity index (χ0v) is 9.19. The Kier molecular flexibility index (Phi) is 3.11. The Hall–Kier alpha value is -1.22. The summed E-state index contributed by atoms with van der Waals surface area (Å²) in [7, 11) is 0. The fourth-order valence-electron chi connectivity index (χ4n) is 1.42. The van der Waals surface area contributed by atoms with Gasteiger partial charge < -0.3 is 14.8 Å². The molecule has 82 valence electrons. The maximum Gasteiger partial charge on any atom is 0.161 e. The minimum absolute atomic E-state index is 0.175. The minimum atomic E-state index is 0.175. The fraction of sp³-hybridized carbons (Fsp3) is 0.500. The highest BCUT2D eigenvalue weighted by Gasteiger charge is 2.19. The third-order valence-electron chi connectivity index (χ3n) is 2.25. The Labute approximate surface area is 90.4 Å². The fourth-order valence-corrected chi connectivity index (χ4v) is 1.42. The molecule has 3 heteroatoms. The van der Waals surface area contributed by atoms with Gasteiger partial charge in [0.05, 0.1) is 6.10 Å². The van der Waals surface area contributed by atoms with Crippen LogP contribution in [0.15, 0.2) is 24.3 Å². The van der Waals surface area contributed by atoms with Crippen LogP contribution in [0, 0.1) is 0 Å². The Balaban J connectivity index is 2.06. The molecule has 0 saturated carbocycles. The van der Waals surface area contributed by atoms with Crippen LogP contribution in [-0.2, 0) is 0 Å². The Morgan fingerprint density at radius 1 is 1.20 bits per heavy atom. The van der Waals surface area contributed by atoms with Gasteiger partial charge >= 0.3 is 0 Å². The monoisotopic (exact) mass is 207 g/mol. The molecule has 0 radical (unpaired) electrons. The molecule has 0 aliphatic carbocycles. The lowest BCUT2D eigenvalue weighted by atomic mass is 10.2. The van der Waals surface area contributed by atoms with Crippen molar-refractivity contribution in [2.45, 2.75) is 26.1 Å². The predicted octanol–water partition coefficient (Wildman–Crippen LogP) is 1.82. The maximum absolute atomic E-state index is 5.79. The summed E-state index contributed by atoms with van der Waals surface area (Å²) in [5.74, 6) is 1.68. The van der Waals surface area contributed by atoms with Gasteiger partial charge in [0, 0.05) is 13.1 Å². The number of ether oxygens (including phenoxy) is 2. The number of nitrogens with one attached hydrogen (secondary N) is 1. The quantitative estimate of drug-likeness (QED) is 0.817. The molecule has 2 rings (SSSR count). The van der Waals surface area contributed by atoms with E-state index in [-0.39, 0.29) is 6.10 Å². The summed E-state index contributed by atoms with van der Waals surface area (Å²) in [6.45, 7) is 5.88. The van der Waals surface area contributed by atoms with E-state index in [1.165, 1.54) is 0 Å². The van der Waals surface area contributed by atoms with E-state index >= 15 is 0 Å². The number of para-hydroxylation sites is 2. The van der Waals surface area contributed by atoms with Crippen molar-refractivity contribution in [3.05, 3.63) is 24.3 Å². The molecule has 0 atom stereocenters. The lowest BCUT2D eigenvalue weighted by Gasteiger charge is -2.28. The van der Waals surface area contributed by atoms with Gasteiger partial charge in [0.2, 0.25) is 0 Å². The molecule has 1 saturated heterocycles. The van der Waals surface area contributed by atoms with Gasteiger partial charge in [0.1, 0.15) is 6.10 Å². The van der Waals surface area contributed by atoms with Crippen molar-refractivity contribution < 1.29 is 9.47 Å². The van der Waals surface area contributed by atoms with Crippen LogP contribution in [-0.4, -0.2) is 25.3 Å². The van der Waals surface area contributed by atoms with Crippen LogP contribution >= 0.6 is 0 Å². The van der Waals surface area contributed by atoms with E-state index in [0.29, 0.717) is 6.10 Å². The Bertz CT molecular complexity index is 321. The molecule has 0 unspecified atom stereocenters. The summed E-state index contributed by atoms with van der Waals surface area (Å²) >= 11 is 0. The van der Waals surface area contributed by atoms with E-state index in [4.69, 9.17) is 9.47 Å². The Morgan fingerprint density at radius 3 is 2.40 bits per heavy atom. The molecule has 1 N–H and O–H groups in total. The topological polar surface area (TPSA) is 30.5 Å². The number of rotatable bonds is 4. The smallest absolute Gasteiger partial charge is 0.161 e. The predicted molar refractivity (Wildman–Crippen MR) is 59.5 cm³/mol. The molecule has 0 spiro atoms. The second-order valence-corrected chi connectivity index (χ2v) is 4.01. The van der Waals surface area contributed by atoms with E-state index in [1.807, 2.05) is 38.1 Å². The summed E-state index contributed by atoms with van der Waals surface area (Å²) in [4.78, 5) is 0. The Morgan fingerprint density at radius 2 is 1.87 bits per heavy atom. The largest absolute Gasteiger partial charge is 0.487 e. The molecule has 1 aromatic rings. The minimum Gasteiger partial charge on any atom is -0.487 e. The first kappa shape index (κ1) is 10.3. The first-order valence-corrected chi connectivity index (χ1v) is 5.39. The molecule has 1 aliphatic rings. The average molecular weight is 207 g/mol. The standard InChI is InChI=1S/C12H17NO2/c1-9(2)14-11-5-3-4-6-12(11)15-10-7-13-8-10/h3-6,9-10,13H,7-8H2,1-2H3. The van der Waals surface area contributed by atoms with Gasteiger partial charge in [-0.2, -0.15) is 0 Å². The first-order chi connectivity index (χ1) is 7.25. The van der Waals surface area contributed by atoms with Crippen molar-refractivity contribution in [2.24, 2.45) is 0 Å². The van der Waals surface area contributed by atoms with Crippen molar-refractivity contribution in [3.8, 4) is 11.5 Å². The van der Waals surface area contributed by atoms with Crippen LogP contribution in [0.2, 0.25) is 0 Å². The average Bonchev–Trinajstić information content (AvgIpc) is 2.13. The normalized spacial score (nSPS) is 16.2. The van der Waals surface area contributed by atoms with E-state index in [2.05, 4.69) is 5.32 Å². The molecule has 0 amide bonds. The summed E-state index contributed by atoms with van der Waals surface area (Å²) in [6, 6.07) is 7.83. The molecule has 1 aromatic carbocycles. The molecule has 3 nitrogen and oxygen atoms in total. The van der Waals surface area contributed by atoms with E-state index in [9.17, 15) is 0 Å². The van der Waals surface area contributed by atoms with Crippen LogP contribution in [0.4, 0.5) is 0 Å². The lowest BCUT2D eigenvalue weighted by Crippen LogP contribution is -2.50. The SMILES string of the molecule is CC(C)Oc1ccccc1OC1CNC1. The van der Waals surface area contributed by atoms with Crippen LogP contribution < -0.4 is 14.8 Å². The van der Waals surface area contributed by atoms with Gasteiger partial charge in [-0.15, -0.1) is 0 Å². The van der Waals surface area contributed by atoms with Crippen molar-refractivity contribution >= 4 is 0 Å². The highest BCUT2D eigenvalue weighted by atomic mass is 16.5. The molecule has 0 bridgehead atoms. The molecule has 1 fully saturated rings. The number of benzene rings is 1. The van der Waals surface area contributed by atoms with Crippen molar-refractivity contribution in [1.82, 2.24) is 5.32 Å². The molecule has 0 aromatic heterocycles. The van der Waals surface area contributed by atoms with Crippen LogP contribution in [0.5, 0.6) is 11.5 Å². The second kappa shape index (κ2) is 4.53. The zero-order chi connectivity index (χ0) is 10.7. The van der Waals surface area contributed by atoms with Crippen LogP contribution in [0.1, 0.15) is 13.8 Å². The van der Waals surface area contributed by atoms with Crippen LogP contribution in [0.3, 0.4) is 0 Å². The zero-order valence-electron chi connectivity index (χ0n) is 9.19. The highest BCUT2D eigenvalue weighted by molar-refractivity contribution is 5.39. The molecule has 15 heavy (non-hydrogen) atoms. The summed E-state index contributed by atoms with van der Waals surface area (Å²) < 4.78 is 11.5. The lowest BCUT2D eigenvalue weighted by molar-refractivity contribution is 0.131. The molecule has 1 heterocycles. The molecular weight excluding hydrogens is 190 g/mol. The van der Waals surface area contributed by atoms with Crippen molar-refractivity contribution in [2.75, 3.05) is 13.1 Å². The van der Waals surface area contributed by atoms with Gasteiger partial charge in [0.15, 0.2) is 11.5 Å².